The van der Waals surface area contributed by atoms with Crippen molar-refractivity contribution < 1.29 is 14.4 Å². The Hall–Kier alpha value is -2.11. The third-order valence-electron chi connectivity index (χ3n) is 4.59. The summed E-state index contributed by atoms with van der Waals surface area (Å²) in [5.74, 6) is 0.158. The van der Waals surface area contributed by atoms with Gasteiger partial charge in [0.25, 0.3) is 0 Å². The molecular weight excluding hydrogens is 273 g/mol. The van der Waals surface area contributed by atoms with Gasteiger partial charge in [-0.15, -0.1) is 0 Å². The molecule has 2 unspecified atom stereocenters. The zero-order chi connectivity index (χ0) is 15.0. The number of amides is 1. The Kier molecular flexibility index (Phi) is 3.53. The summed E-state index contributed by atoms with van der Waals surface area (Å²) < 4.78 is 14.0. The molecule has 112 valence electrons. The number of amidine groups is 1. The number of hydrogen-bond donors (Lipinski definition) is 3. The largest absolute Gasteiger partial charge is 0.409 e. The first-order chi connectivity index (χ1) is 10.1. The quantitative estimate of drug-likeness (QED) is 0.345. The van der Waals surface area contributed by atoms with Gasteiger partial charge in [0.15, 0.2) is 5.84 Å². The zero-order valence-corrected chi connectivity index (χ0v) is 11.6. The maximum atomic E-state index is 14.0. The van der Waals surface area contributed by atoms with E-state index in [0.29, 0.717) is 11.8 Å². The smallest absolute Gasteiger partial charge is 0.228 e. The lowest BCUT2D eigenvalue weighted by Crippen LogP contribution is -2.17. The fourth-order valence-corrected chi connectivity index (χ4v) is 3.43. The zero-order valence-electron chi connectivity index (χ0n) is 11.6. The van der Waals surface area contributed by atoms with E-state index in [1.165, 1.54) is 25.0 Å². The topological polar surface area (TPSA) is 87.7 Å². The summed E-state index contributed by atoms with van der Waals surface area (Å²) in [7, 11) is 0. The van der Waals surface area contributed by atoms with Crippen molar-refractivity contribution >= 4 is 17.4 Å². The Labute approximate surface area is 122 Å². The highest BCUT2D eigenvalue weighted by Crippen LogP contribution is 2.55. The minimum absolute atomic E-state index is 0.0376. The molecule has 0 radical (unpaired) electrons. The highest BCUT2D eigenvalue weighted by molar-refractivity contribution is 5.98. The van der Waals surface area contributed by atoms with Crippen LogP contribution in [0, 0.1) is 23.6 Å². The number of nitrogens with one attached hydrogen (secondary N) is 1. The molecule has 1 aromatic carbocycles. The van der Waals surface area contributed by atoms with Crippen LogP contribution in [-0.4, -0.2) is 17.0 Å². The predicted octanol–water partition coefficient (Wildman–Crippen LogP) is 2.29. The molecular formula is C15H18FN3O2. The molecule has 2 aliphatic carbocycles. The highest BCUT2D eigenvalue weighted by atomic mass is 19.1. The molecule has 3 rings (SSSR count). The number of carbonyl (C=O) groups excluding carboxylic acids is 1. The SMILES string of the molecule is N/C(=N/O)c1ccc(NC(=O)C2C3CCCCC32)c(F)c1. The summed E-state index contributed by atoms with van der Waals surface area (Å²) in [6, 6.07) is 4.09. The van der Waals surface area contributed by atoms with Crippen molar-refractivity contribution in [2.24, 2.45) is 28.6 Å². The van der Waals surface area contributed by atoms with Crippen molar-refractivity contribution in [1.82, 2.24) is 0 Å². The number of benzene rings is 1. The van der Waals surface area contributed by atoms with Crippen LogP contribution in [-0.2, 0) is 4.79 Å². The standard InChI is InChI=1S/C15H18FN3O2/c16-11-7-8(14(17)19-21)5-6-12(11)18-15(20)13-9-3-1-2-4-10(9)13/h5-7,9-10,13,21H,1-4H2,(H2,17,19)(H,18,20). The van der Waals surface area contributed by atoms with Crippen LogP contribution in [0.2, 0.25) is 0 Å². The first kappa shape index (κ1) is 13.9. The minimum Gasteiger partial charge on any atom is -0.409 e. The van der Waals surface area contributed by atoms with Crippen molar-refractivity contribution in [2.45, 2.75) is 25.7 Å². The maximum absolute atomic E-state index is 14.0. The van der Waals surface area contributed by atoms with E-state index in [-0.39, 0.29) is 28.9 Å². The van der Waals surface area contributed by atoms with Crippen molar-refractivity contribution in [3.8, 4) is 0 Å². The van der Waals surface area contributed by atoms with Gasteiger partial charge in [-0.2, -0.15) is 0 Å². The Morgan fingerprint density at radius 2 is 2.00 bits per heavy atom. The summed E-state index contributed by atoms with van der Waals surface area (Å²) >= 11 is 0. The number of fused-ring (bicyclic) bond motifs is 1. The second-order valence-corrected chi connectivity index (χ2v) is 5.81. The Balaban J connectivity index is 1.69. The molecule has 5 nitrogen and oxygen atoms in total. The lowest BCUT2D eigenvalue weighted by molar-refractivity contribution is -0.117. The molecule has 0 aliphatic heterocycles. The van der Waals surface area contributed by atoms with Gasteiger partial charge in [0.05, 0.1) is 5.69 Å². The van der Waals surface area contributed by atoms with E-state index in [2.05, 4.69) is 10.5 Å². The van der Waals surface area contributed by atoms with Gasteiger partial charge >= 0.3 is 0 Å². The summed E-state index contributed by atoms with van der Waals surface area (Å²) in [6.07, 6.45) is 4.59. The van der Waals surface area contributed by atoms with Crippen LogP contribution in [0.25, 0.3) is 0 Å². The third kappa shape index (κ3) is 2.57. The third-order valence-corrected chi connectivity index (χ3v) is 4.59. The predicted molar refractivity (Wildman–Crippen MR) is 76.5 cm³/mol. The number of anilines is 1. The molecule has 6 heteroatoms. The van der Waals surface area contributed by atoms with Crippen LogP contribution < -0.4 is 11.1 Å². The molecule has 0 bridgehead atoms. The fourth-order valence-electron chi connectivity index (χ4n) is 3.43. The van der Waals surface area contributed by atoms with Crippen molar-refractivity contribution in [3.63, 3.8) is 0 Å². The number of nitrogens with two attached hydrogens (primary N) is 1. The van der Waals surface area contributed by atoms with E-state index < -0.39 is 5.82 Å². The summed E-state index contributed by atoms with van der Waals surface area (Å²) in [6.45, 7) is 0. The van der Waals surface area contributed by atoms with Crippen LogP contribution in [0.15, 0.2) is 23.4 Å². The van der Waals surface area contributed by atoms with Crippen molar-refractivity contribution in [3.05, 3.63) is 29.6 Å². The van der Waals surface area contributed by atoms with Gasteiger partial charge in [0.1, 0.15) is 5.82 Å². The van der Waals surface area contributed by atoms with E-state index in [4.69, 9.17) is 10.9 Å². The Morgan fingerprint density at radius 1 is 1.33 bits per heavy atom. The minimum atomic E-state index is -0.587. The molecule has 0 aromatic heterocycles. The molecule has 0 spiro atoms. The van der Waals surface area contributed by atoms with Gasteiger partial charge in [0, 0.05) is 11.5 Å². The monoisotopic (exact) mass is 291 g/mol. The van der Waals surface area contributed by atoms with E-state index >= 15 is 0 Å². The molecule has 1 aromatic rings. The lowest BCUT2D eigenvalue weighted by atomic mass is 10.0. The first-order valence-corrected chi connectivity index (χ1v) is 7.20. The van der Waals surface area contributed by atoms with Crippen LogP contribution in [0.1, 0.15) is 31.2 Å². The van der Waals surface area contributed by atoms with Crippen LogP contribution in [0.3, 0.4) is 0 Å². The van der Waals surface area contributed by atoms with Gasteiger partial charge < -0.3 is 16.3 Å². The molecule has 0 heterocycles. The fraction of sp³-hybridized carbons (Fsp3) is 0.467. The molecule has 1 amide bonds. The normalized spacial score (nSPS) is 27.9. The molecule has 21 heavy (non-hydrogen) atoms. The number of carbonyl (C=O) groups is 1. The number of hydrogen-bond acceptors (Lipinski definition) is 3. The highest BCUT2D eigenvalue weighted by Gasteiger charge is 2.54. The van der Waals surface area contributed by atoms with E-state index in [0.717, 1.165) is 18.9 Å². The van der Waals surface area contributed by atoms with E-state index in [9.17, 15) is 9.18 Å². The molecule has 2 aliphatic rings. The summed E-state index contributed by atoms with van der Waals surface area (Å²) in [4.78, 5) is 12.2. The van der Waals surface area contributed by atoms with Gasteiger partial charge in [-0.3, -0.25) is 4.79 Å². The van der Waals surface area contributed by atoms with Crippen molar-refractivity contribution in [1.29, 1.82) is 0 Å². The number of oxime groups is 1. The molecule has 0 saturated heterocycles. The van der Waals surface area contributed by atoms with Crippen LogP contribution in [0.4, 0.5) is 10.1 Å². The average molecular weight is 291 g/mol. The van der Waals surface area contributed by atoms with Gasteiger partial charge in [0.2, 0.25) is 5.91 Å². The summed E-state index contributed by atoms with van der Waals surface area (Å²) in [5, 5.41) is 14.0. The van der Waals surface area contributed by atoms with E-state index in [1.54, 1.807) is 0 Å². The molecule has 4 N–H and O–H groups in total. The first-order valence-electron chi connectivity index (χ1n) is 7.20. The average Bonchev–Trinajstić information content (AvgIpc) is 3.22. The summed E-state index contributed by atoms with van der Waals surface area (Å²) in [5.41, 5.74) is 5.81. The molecule has 2 atom stereocenters. The Bertz CT molecular complexity index is 591. The van der Waals surface area contributed by atoms with Crippen molar-refractivity contribution in [2.75, 3.05) is 5.32 Å². The number of nitrogens with zero attached hydrogens (tertiary/aromatic N) is 1. The number of halogens is 1. The Morgan fingerprint density at radius 3 is 2.57 bits per heavy atom. The van der Waals surface area contributed by atoms with Gasteiger partial charge in [-0.25, -0.2) is 4.39 Å². The molecule has 2 fully saturated rings. The molecule has 2 saturated carbocycles. The van der Waals surface area contributed by atoms with E-state index in [1.807, 2.05) is 0 Å². The van der Waals surface area contributed by atoms with Crippen LogP contribution >= 0.6 is 0 Å². The van der Waals surface area contributed by atoms with Gasteiger partial charge in [-0.05, 0) is 42.9 Å². The second kappa shape index (κ2) is 5.35. The lowest BCUT2D eigenvalue weighted by Gasteiger charge is -2.07. The second-order valence-electron chi connectivity index (χ2n) is 5.81. The maximum Gasteiger partial charge on any atom is 0.228 e. The van der Waals surface area contributed by atoms with Gasteiger partial charge in [-0.1, -0.05) is 18.0 Å². The number of rotatable bonds is 3. The van der Waals surface area contributed by atoms with Crippen LogP contribution in [0.5, 0.6) is 0 Å².